The Morgan fingerprint density at radius 2 is 2.17 bits per heavy atom. The average Bonchev–Trinajstić information content (AvgIpc) is 2.36. The molecule has 18 heavy (non-hydrogen) atoms. The first kappa shape index (κ1) is 14.6. The lowest BCUT2D eigenvalue weighted by atomic mass is 10.3. The maximum absolute atomic E-state index is 11.0. The fourth-order valence-corrected chi connectivity index (χ4v) is 2.23. The standard InChI is InChI=1S/C10H10ClNO5S/c1-16-8-4-9(18-5-10(13)17-2)7(12(14)15)3-6(8)11/h3-4H,5H2,1-2H3. The summed E-state index contributed by atoms with van der Waals surface area (Å²) in [6.45, 7) is 0. The monoisotopic (exact) mass is 291 g/mol. The molecule has 8 heteroatoms. The largest absolute Gasteiger partial charge is 0.495 e. The molecule has 1 aromatic carbocycles. The summed E-state index contributed by atoms with van der Waals surface area (Å²) in [5.74, 6) is -0.180. The molecular weight excluding hydrogens is 282 g/mol. The Kier molecular flexibility index (Phi) is 5.24. The molecule has 0 N–H and O–H groups in total. The van der Waals surface area contributed by atoms with Crippen LogP contribution in [0.15, 0.2) is 17.0 Å². The highest BCUT2D eigenvalue weighted by molar-refractivity contribution is 8.00. The average molecular weight is 292 g/mol. The topological polar surface area (TPSA) is 78.7 Å². The van der Waals surface area contributed by atoms with Crippen LogP contribution in [0.4, 0.5) is 5.69 Å². The molecule has 0 saturated heterocycles. The summed E-state index contributed by atoms with van der Waals surface area (Å²) >= 11 is 6.80. The Morgan fingerprint density at radius 1 is 1.50 bits per heavy atom. The highest BCUT2D eigenvalue weighted by Crippen LogP contribution is 2.37. The maximum atomic E-state index is 11.0. The number of halogens is 1. The molecule has 0 saturated carbocycles. The van der Waals surface area contributed by atoms with Gasteiger partial charge in [0.25, 0.3) is 5.69 Å². The lowest BCUT2D eigenvalue weighted by Crippen LogP contribution is -2.03. The molecule has 0 amide bonds. The van der Waals surface area contributed by atoms with Gasteiger partial charge in [-0.2, -0.15) is 0 Å². The van der Waals surface area contributed by atoms with Crippen LogP contribution in [0.25, 0.3) is 0 Å². The van der Waals surface area contributed by atoms with Crippen LogP contribution >= 0.6 is 23.4 Å². The van der Waals surface area contributed by atoms with Crippen LogP contribution in [-0.4, -0.2) is 30.9 Å². The zero-order chi connectivity index (χ0) is 13.7. The minimum atomic E-state index is -0.565. The quantitative estimate of drug-likeness (QED) is 0.359. The van der Waals surface area contributed by atoms with Gasteiger partial charge in [-0.1, -0.05) is 11.6 Å². The van der Waals surface area contributed by atoms with Crippen LogP contribution in [0.3, 0.4) is 0 Å². The summed E-state index contributed by atoms with van der Waals surface area (Å²) in [5.41, 5.74) is -0.172. The van der Waals surface area contributed by atoms with E-state index in [1.165, 1.54) is 26.4 Å². The molecule has 1 aromatic rings. The number of nitro benzene ring substituents is 1. The van der Waals surface area contributed by atoms with Gasteiger partial charge in [0.05, 0.1) is 34.8 Å². The van der Waals surface area contributed by atoms with Crippen molar-refractivity contribution in [2.75, 3.05) is 20.0 Å². The Bertz CT molecular complexity index is 480. The van der Waals surface area contributed by atoms with Gasteiger partial charge in [-0.3, -0.25) is 14.9 Å². The van der Waals surface area contributed by atoms with Gasteiger partial charge in [0, 0.05) is 12.1 Å². The number of thioether (sulfide) groups is 1. The van der Waals surface area contributed by atoms with Gasteiger partial charge in [0.2, 0.25) is 0 Å². The van der Waals surface area contributed by atoms with Crippen molar-refractivity contribution < 1.29 is 19.2 Å². The molecule has 0 heterocycles. The molecular formula is C10H10ClNO5S. The van der Waals surface area contributed by atoms with Gasteiger partial charge >= 0.3 is 5.97 Å². The first-order chi connectivity index (χ1) is 8.49. The number of nitrogens with zero attached hydrogens (tertiary/aromatic N) is 1. The molecule has 0 unspecified atom stereocenters. The summed E-state index contributed by atoms with van der Waals surface area (Å²) in [7, 11) is 2.65. The third kappa shape index (κ3) is 3.51. The van der Waals surface area contributed by atoms with Crippen molar-refractivity contribution in [1.29, 1.82) is 0 Å². The van der Waals surface area contributed by atoms with E-state index in [1.54, 1.807) is 0 Å². The van der Waals surface area contributed by atoms with Gasteiger partial charge in [-0.05, 0) is 0 Å². The Labute approximate surface area is 112 Å². The van der Waals surface area contributed by atoms with Crippen LogP contribution in [0.1, 0.15) is 0 Å². The molecule has 0 aliphatic rings. The smallest absolute Gasteiger partial charge is 0.315 e. The number of ether oxygens (including phenoxy) is 2. The minimum Gasteiger partial charge on any atom is -0.495 e. The Morgan fingerprint density at radius 3 is 2.67 bits per heavy atom. The minimum absolute atomic E-state index is 0.0257. The van der Waals surface area contributed by atoms with Crippen LogP contribution in [0.2, 0.25) is 5.02 Å². The zero-order valence-electron chi connectivity index (χ0n) is 9.64. The number of nitro groups is 1. The van der Waals surface area contributed by atoms with Gasteiger partial charge in [-0.25, -0.2) is 0 Å². The number of carbonyl (C=O) groups excluding carboxylic acids is 1. The van der Waals surface area contributed by atoms with Gasteiger partial charge in [0.15, 0.2) is 0 Å². The molecule has 0 aliphatic heterocycles. The second-order valence-corrected chi connectivity index (χ2v) is 4.50. The van der Waals surface area contributed by atoms with E-state index in [0.29, 0.717) is 10.6 Å². The van der Waals surface area contributed by atoms with Gasteiger partial charge < -0.3 is 9.47 Å². The van der Waals surface area contributed by atoms with Crippen molar-refractivity contribution in [1.82, 2.24) is 0 Å². The van der Waals surface area contributed by atoms with Crippen molar-refractivity contribution in [3.8, 4) is 5.75 Å². The van der Waals surface area contributed by atoms with Crippen molar-refractivity contribution in [2.24, 2.45) is 0 Å². The predicted octanol–water partition coefficient (Wildman–Crippen LogP) is 2.52. The fourth-order valence-electron chi connectivity index (χ4n) is 1.13. The normalized spacial score (nSPS) is 9.94. The van der Waals surface area contributed by atoms with E-state index in [9.17, 15) is 14.9 Å². The number of esters is 1. The van der Waals surface area contributed by atoms with E-state index in [-0.39, 0.29) is 16.5 Å². The summed E-state index contributed by atoms with van der Waals surface area (Å²) < 4.78 is 9.44. The lowest BCUT2D eigenvalue weighted by molar-refractivity contribution is -0.387. The van der Waals surface area contributed by atoms with Gasteiger partial charge in [-0.15, -0.1) is 11.8 Å². The van der Waals surface area contributed by atoms with Crippen molar-refractivity contribution in [3.05, 3.63) is 27.3 Å². The van der Waals surface area contributed by atoms with Crippen LogP contribution in [-0.2, 0) is 9.53 Å². The molecule has 0 aromatic heterocycles. The number of rotatable bonds is 5. The molecule has 0 spiro atoms. The third-order valence-corrected chi connectivity index (χ3v) is 3.32. The van der Waals surface area contributed by atoms with Crippen molar-refractivity contribution >= 4 is 35.0 Å². The van der Waals surface area contributed by atoms with Crippen molar-refractivity contribution in [3.63, 3.8) is 0 Å². The lowest BCUT2D eigenvalue weighted by Gasteiger charge is -2.07. The first-order valence-corrected chi connectivity index (χ1v) is 6.07. The zero-order valence-corrected chi connectivity index (χ0v) is 11.2. The Hall–Kier alpha value is -1.47. The number of hydrogen-bond donors (Lipinski definition) is 0. The van der Waals surface area contributed by atoms with Crippen LogP contribution in [0.5, 0.6) is 5.75 Å². The second-order valence-electron chi connectivity index (χ2n) is 3.08. The summed E-state index contributed by atoms with van der Waals surface area (Å²) in [6, 6.07) is 2.62. The molecule has 0 atom stereocenters. The summed E-state index contributed by atoms with van der Waals surface area (Å²) in [6.07, 6.45) is 0. The number of benzene rings is 1. The highest BCUT2D eigenvalue weighted by atomic mass is 35.5. The van der Waals surface area contributed by atoms with Crippen LogP contribution in [0, 0.1) is 10.1 Å². The maximum Gasteiger partial charge on any atom is 0.315 e. The van der Waals surface area contributed by atoms with Crippen molar-refractivity contribution in [2.45, 2.75) is 4.90 Å². The third-order valence-electron chi connectivity index (χ3n) is 2.00. The van der Waals surface area contributed by atoms with E-state index in [1.807, 2.05) is 0 Å². The molecule has 0 radical (unpaired) electrons. The second kappa shape index (κ2) is 6.46. The molecule has 0 aliphatic carbocycles. The summed E-state index contributed by atoms with van der Waals surface area (Å²) in [4.78, 5) is 21.6. The molecule has 1 rings (SSSR count). The predicted molar refractivity (Wildman–Crippen MR) is 67.4 cm³/mol. The number of methoxy groups -OCH3 is 2. The number of carbonyl (C=O) groups is 1. The van der Waals surface area contributed by atoms with E-state index >= 15 is 0 Å². The molecule has 6 nitrogen and oxygen atoms in total. The van der Waals surface area contributed by atoms with E-state index in [0.717, 1.165) is 11.8 Å². The molecule has 0 fully saturated rings. The van der Waals surface area contributed by atoms with E-state index < -0.39 is 10.9 Å². The van der Waals surface area contributed by atoms with E-state index in [2.05, 4.69) is 4.74 Å². The SMILES string of the molecule is COC(=O)CSc1cc(OC)c(Cl)cc1[N+](=O)[O-]. The highest BCUT2D eigenvalue weighted by Gasteiger charge is 2.19. The van der Waals surface area contributed by atoms with Gasteiger partial charge in [0.1, 0.15) is 5.75 Å². The van der Waals surface area contributed by atoms with Crippen LogP contribution < -0.4 is 4.74 Å². The molecule has 0 bridgehead atoms. The molecule has 98 valence electrons. The van der Waals surface area contributed by atoms with E-state index in [4.69, 9.17) is 16.3 Å². The Balaban J connectivity index is 3.06. The number of hydrogen-bond acceptors (Lipinski definition) is 6. The summed E-state index contributed by atoms with van der Waals surface area (Å²) in [5, 5.41) is 11.0. The fraction of sp³-hybridized carbons (Fsp3) is 0.300. The first-order valence-electron chi connectivity index (χ1n) is 4.71.